The molecule has 1 saturated heterocycles. The molecule has 0 bridgehead atoms. The summed E-state index contributed by atoms with van der Waals surface area (Å²) >= 11 is 0. The molecule has 0 aromatic heterocycles. The van der Waals surface area contributed by atoms with E-state index in [1.165, 1.54) is 5.56 Å². The van der Waals surface area contributed by atoms with Crippen LogP contribution in [0.5, 0.6) is 5.75 Å². The monoisotopic (exact) mass is 331 g/mol. The van der Waals surface area contributed by atoms with Crippen LogP contribution in [0, 0.1) is 0 Å². The van der Waals surface area contributed by atoms with E-state index in [-0.39, 0.29) is 30.6 Å². The van der Waals surface area contributed by atoms with Gasteiger partial charge in [-0.3, -0.25) is 4.79 Å². The molecule has 3 atom stereocenters. The largest absolute Gasteiger partial charge is 0.494 e. The first-order valence-electron chi connectivity index (χ1n) is 8.53. The average Bonchev–Trinajstić information content (AvgIpc) is 3.32. The first-order valence-corrected chi connectivity index (χ1v) is 8.53. The van der Waals surface area contributed by atoms with Crippen molar-refractivity contribution in [3.8, 4) is 5.75 Å². The molecule has 1 aliphatic carbocycles. The molecule has 3 amide bonds. The number of nitrogens with zero attached hydrogens (tertiary/aromatic N) is 2. The summed E-state index contributed by atoms with van der Waals surface area (Å²) in [5.41, 5.74) is 1.21. The topological polar surface area (TPSA) is 61.9 Å². The van der Waals surface area contributed by atoms with Gasteiger partial charge in [-0.1, -0.05) is 12.1 Å². The SMILES string of the molecule is CCOc1ccc([C@@H]2C[C@H]2NC(=O)N2CC(=O)N(C)C(C)C2)cc1. The van der Waals surface area contributed by atoms with Crippen LogP contribution in [0.2, 0.25) is 0 Å². The van der Waals surface area contributed by atoms with Gasteiger partial charge in [0.15, 0.2) is 0 Å². The van der Waals surface area contributed by atoms with Crippen molar-refractivity contribution in [1.82, 2.24) is 15.1 Å². The maximum atomic E-state index is 12.4. The Morgan fingerprint density at radius 3 is 2.67 bits per heavy atom. The molecule has 1 aliphatic heterocycles. The van der Waals surface area contributed by atoms with Gasteiger partial charge in [-0.15, -0.1) is 0 Å². The van der Waals surface area contributed by atoms with Crippen molar-refractivity contribution in [3.05, 3.63) is 29.8 Å². The Hall–Kier alpha value is -2.24. The van der Waals surface area contributed by atoms with E-state index < -0.39 is 0 Å². The number of nitrogens with one attached hydrogen (secondary N) is 1. The van der Waals surface area contributed by atoms with Crippen molar-refractivity contribution in [2.45, 2.75) is 38.3 Å². The normalized spacial score (nSPS) is 26.3. The highest BCUT2D eigenvalue weighted by atomic mass is 16.5. The zero-order valence-corrected chi connectivity index (χ0v) is 14.5. The molecule has 1 aromatic carbocycles. The minimum absolute atomic E-state index is 0.0113. The van der Waals surface area contributed by atoms with Crippen LogP contribution in [0.4, 0.5) is 4.79 Å². The second-order valence-electron chi connectivity index (χ2n) is 6.63. The van der Waals surface area contributed by atoms with E-state index in [4.69, 9.17) is 4.74 Å². The molecule has 6 nitrogen and oxygen atoms in total. The summed E-state index contributed by atoms with van der Waals surface area (Å²) in [6, 6.07) is 8.13. The second kappa shape index (κ2) is 6.71. The summed E-state index contributed by atoms with van der Waals surface area (Å²) in [7, 11) is 1.78. The van der Waals surface area contributed by atoms with E-state index in [1.807, 2.05) is 26.0 Å². The third-order valence-electron chi connectivity index (χ3n) is 4.87. The summed E-state index contributed by atoms with van der Waals surface area (Å²) in [6.45, 7) is 5.31. The lowest BCUT2D eigenvalue weighted by molar-refractivity contribution is -0.135. The van der Waals surface area contributed by atoms with Crippen molar-refractivity contribution in [2.75, 3.05) is 26.7 Å². The zero-order valence-electron chi connectivity index (χ0n) is 14.5. The lowest BCUT2D eigenvalue weighted by atomic mass is 10.1. The second-order valence-corrected chi connectivity index (χ2v) is 6.63. The smallest absolute Gasteiger partial charge is 0.318 e. The Labute approximate surface area is 142 Å². The third kappa shape index (κ3) is 3.47. The molecule has 1 unspecified atom stereocenters. The van der Waals surface area contributed by atoms with Gasteiger partial charge in [0.2, 0.25) is 5.91 Å². The van der Waals surface area contributed by atoms with E-state index in [1.54, 1.807) is 16.8 Å². The molecule has 1 aromatic rings. The number of carbonyl (C=O) groups excluding carboxylic acids is 2. The molecular formula is C18H25N3O3. The lowest BCUT2D eigenvalue weighted by Gasteiger charge is -2.37. The first kappa shape index (κ1) is 16.6. The van der Waals surface area contributed by atoms with Gasteiger partial charge in [0, 0.05) is 31.6 Å². The van der Waals surface area contributed by atoms with Crippen LogP contribution >= 0.6 is 0 Å². The minimum atomic E-state index is -0.137. The van der Waals surface area contributed by atoms with E-state index in [0.717, 1.165) is 12.2 Å². The van der Waals surface area contributed by atoms with Gasteiger partial charge in [-0.25, -0.2) is 4.79 Å². The Bertz CT molecular complexity index is 616. The van der Waals surface area contributed by atoms with E-state index >= 15 is 0 Å². The van der Waals surface area contributed by atoms with Gasteiger partial charge in [-0.05, 0) is 38.0 Å². The highest BCUT2D eigenvalue weighted by Gasteiger charge is 2.41. The summed E-state index contributed by atoms with van der Waals surface area (Å²) < 4.78 is 5.45. The molecule has 1 saturated carbocycles. The van der Waals surface area contributed by atoms with Crippen LogP contribution in [0.1, 0.15) is 31.7 Å². The molecule has 6 heteroatoms. The Morgan fingerprint density at radius 2 is 2.04 bits per heavy atom. The number of urea groups is 1. The van der Waals surface area contributed by atoms with E-state index in [0.29, 0.717) is 19.1 Å². The molecular weight excluding hydrogens is 306 g/mol. The standard InChI is InChI=1S/C18H25N3O3/c1-4-24-14-7-5-13(6-8-14)15-9-16(15)19-18(23)21-10-12(2)20(3)17(22)11-21/h5-8,12,15-16H,4,9-11H2,1-3H3,(H,19,23)/t12?,15-,16+/m0/s1. The zero-order chi connectivity index (χ0) is 17.3. The predicted octanol–water partition coefficient (Wildman–Crippen LogP) is 1.81. The van der Waals surface area contributed by atoms with Gasteiger partial charge in [-0.2, -0.15) is 0 Å². The molecule has 24 heavy (non-hydrogen) atoms. The number of carbonyl (C=O) groups is 2. The number of likely N-dealkylation sites (N-methyl/N-ethyl adjacent to an activating group) is 1. The predicted molar refractivity (Wildman–Crippen MR) is 91.1 cm³/mol. The fraction of sp³-hybridized carbons (Fsp3) is 0.556. The number of benzene rings is 1. The fourth-order valence-electron chi connectivity index (χ4n) is 3.13. The fourth-order valence-corrected chi connectivity index (χ4v) is 3.13. The average molecular weight is 331 g/mol. The van der Waals surface area contributed by atoms with Crippen LogP contribution in [-0.4, -0.2) is 60.6 Å². The van der Waals surface area contributed by atoms with Gasteiger partial charge in [0.25, 0.3) is 0 Å². The summed E-state index contributed by atoms with van der Waals surface area (Å²) in [6.07, 6.45) is 0.941. The van der Waals surface area contributed by atoms with Gasteiger partial charge < -0.3 is 19.9 Å². The quantitative estimate of drug-likeness (QED) is 0.915. The third-order valence-corrected chi connectivity index (χ3v) is 4.87. The molecule has 1 N–H and O–H groups in total. The van der Waals surface area contributed by atoms with Crippen LogP contribution in [0.25, 0.3) is 0 Å². The molecule has 130 valence electrons. The molecule has 0 radical (unpaired) electrons. The van der Waals surface area contributed by atoms with Crippen LogP contribution in [-0.2, 0) is 4.79 Å². The number of hydrogen-bond donors (Lipinski definition) is 1. The van der Waals surface area contributed by atoms with Crippen molar-refractivity contribution < 1.29 is 14.3 Å². The number of ether oxygens (including phenoxy) is 1. The van der Waals surface area contributed by atoms with E-state index in [9.17, 15) is 9.59 Å². The van der Waals surface area contributed by atoms with Crippen molar-refractivity contribution in [2.24, 2.45) is 0 Å². The number of hydrogen-bond acceptors (Lipinski definition) is 3. The molecule has 2 fully saturated rings. The molecule has 1 heterocycles. The Kier molecular flexibility index (Phi) is 4.64. The van der Waals surface area contributed by atoms with Crippen molar-refractivity contribution in [1.29, 1.82) is 0 Å². The van der Waals surface area contributed by atoms with Gasteiger partial charge in [0.1, 0.15) is 12.3 Å². The first-order chi connectivity index (χ1) is 11.5. The summed E-state index contributed by atoms with van der Waals surface area (Å²) in [4.78, 5) is 27.6. The van der Waals surface area contributed by atoms with Crippen LogP contribution in [0.3, 0.4) is 0 Å². The highest BCUT2D eigenvalue weighted by Crippen LogP contribution is 2.41. The number of amides is 3. The molecule has 0 spiro atoms. The van der Waals surface area contributed by atoms with E-state index in [2.05, 4.69) is 17.4 Å². The summed E-state index contributed by atoms with van der Waals surface area (Å²) in [5, 5.41) is 3.05. The van der Waals surface area contributed by atoms with Crippen molar-refractivity contribution >= 4 is 11.9 Å². The maximum absolute atomic E-state index is 12.4. The minimum Gasteiger partial charge on any atom is -0.494 e. The Balaban J connectivity index is 1.53. The lowest BCUT2D eigenvalue weighted by Crippen LogP contribution is -2.57. The highest BCUT2D eigenvalue weighted by molar-refractivity contribution is 5.85. The summed E-state index contributed by atoms with van der Waals surface area (Å²) in [5.74, 6) is 1.21. The van der Waals surface area contributed by atoms with Crippen LogP contribution < -0.4 is 10.1 Å². The number of rotatable bonds is 4. The van der Waals surface area contributed by atoms with Gasteiger partial charge in [0.05, 0.1) is 6.61 Å². The maximum Gasteiger partial charge on any atom is 0.318 e. The molecule has 2 aliphatic rings. The number of piperazine rings is 1. The van der Waals surface area contributed by atoms with Gasteiger partial charge >= 0.3 is 6.03 Å². The Morgan fingerprint density at radius 1 is 1.33 bits per heavy atom. The molecule has 3 rings (SSSR count). The van der Waals surface area contributed by atoms with Crippen molar-refractivity contribution in [3.63, 3.8) is 0 Å². The van der Waals surface area contributed by atoms with Crippen LogP contribution in [0.15, 0.2) is 24.3 Å².